The predicted octanol–water partition coefficient (Wildman–Crippen LogP) is 1.99. The minimum atomic E-state index is -0.944. The topological polar surface area (TPSA) is 90.4 Å². The minimum Gasteiger partial charge on any atom is -0.480 e. The minimum absolute atomic E-state index is 0. The maximum absolute atomic E-state index is 10.4. The van der Waals surface area contributed by atoms with Gasteiger partial charge in [-0.1, -0.05) is 11.9 Å². The molecule has 104 valence electrons. The Morgan fingerprint density at radius 3 is 2.35 bits per heavy atom. The van der Waals surface area contributed by atoms with Crippen LogP contribution in [0.2, 0.25) is 0 Å². The van der Waals surface area contributed by atoms with Crippen LogP contribution in [-0.4, -0.2) is 40.1 Å². The number of carboxylic acid groups (broad SMARTS) is 1. The van der Waals surface area contributed by atoms with Gasteiger partial charge in [0.2, 0.25) is 0 Å². The molecule has 0 saturated carbocycles. The zero-order valence-corrected chi connectivity index (χ0v) is 12.5. The SMILES string of the molecule is CSN(CCCC[C@H](N)C(=O)O)C(C)=N.Cl.Cl. The molecular formula is C9H21Cl2N3O2S. The molecule has 5 nitrogen and oxygen atoms in total. The number of nitrogens with zero attached hydrogens (tertiary/aromatic N) is 1. The summed E-state index contributed by atoms with van der Waals surface area (Å²) in [7, 11) is 0. The van der Waals surface area contributed by atoms with Crippen molar-refractivity contribution >= 4 is 48.6 Å². The van der Waals surface area contributed by atoms with Gasteiger partial charge in [0, 0.05) is 12.8 Å². The fourth-order valence-electron chi connectivity index (χ4n) is 1.14. The molecule has 0 spiro atoms. The number of amidine groups is 1. The third-order valence-electron chi connectivity index (χ3n) is 2.04. The van der Waals surface area contributed by atoms with E-state index >= 15 is 0 Å². The van der Waals surface area contributed by atoms with Gasteiger partial charge in [-0.3, -0.25) is 10.2 Å². The first-order valence-corrected chi connectivity index (χ1v) is 6.02. The molecule has 0 aromatic rings. The van der Waals surface area contributed by atoms with E-state index in [-0.39, 0.29) is 24.8 Å². The summed E-state index contributed by atoms with van der Waals surface area (Å²) in [5.41, 5.74) is 5.37. The third kappa shape index (κ3) is 10.7. The Hall–Kier alpha value is -0.170. The first-order valence-electron chi connectivity index (χ1n) is 4.84. The molecule has 17 heavy (non-hydrogen) atoms. The van der Waals surface area contributed by atoms with Crippen molar-refractivity contribution in [3.8, 4) is 0 Å². The van der Waals surface area contributed by atoms with E-state index < -0.39 is 12.0 Å². The fraction of sp³-hybridized carbons (Fsp3) is 0.778. The van der Waals surface area contributed by atoms with Gasteiger partial charge in [0.1, 0.15) is 11.9 Å². The number of hydrogen-bond acceptors (Lipinski definition) is 4. The van der Waals surface area contributed by atoms with Gasteiger partial charge in [0.15, 0.2) is 0 Å². The van der Waals surface area contributed by atoms with Crippen molar-refractivity contribution in [2.75, 3.05) is 12.8 Å². The summed E-state index contributed by atoms with van der Waals surface area (Å²) in [5.74, 6) is -0.426. The van der Waals surface area contributed by atoms with Crippen LogP contribution in [0.25, 0.3) is 0 Å². The second-order valence-electron chi connectivity index (χ2n) is 3.31. The standard InChI is InChI=1S/C9H19N3O2S.2ClH/c1-7(10)12(15-2)6-4-3-5-8(11)9(13)14;;/h8,10H,3-6,11H2,1-2H3,(H,13,14);2*1H/t8-;;/m0../s1. The molecule has 0 saturated heterocycles. The van der Waals surface area contributed by atoms with Crippen LogP contribution in [0.4, 0.5) is 0 Å². The van der Waals surface area contributed by atoms with Crippen LogP contribution in [0.1, 0.15) is 26.2 Å². The Bertz CT molecular complexity index is 232. The van der Waals surface area contributed by atoms with Crippen LogP contribution in [0, 0.1) is 5.41 Å². The lowest BCUT2D eigenvalue weighted by Gasteiger charge is -2.19. The predicted molar refractivity (Wildman–Crippen MR) is 77.6 cm³/mol. The highest BCUT2D eigenvalue weighted by atomic mass is 35.5. The largest absolute Gasteiger partial charge is 0.480 e. The lowest BCUT2D eigenvalue weighted by atomic mass is 10.1. The van der Waals surface area contributed by atoms with E-state index in [1.807, 2.05) is 10.6 Å². The molecule has 0 amide bonds. The second kappa shape index (κ2) is 12.3. The summed E-state index contributed by atoms with van der Waals surface area (Å²) in [5, 5.41) is 16.0. The number of halogens is 2. The highest BCUT2D eigenvalue weighted by Crippen LogP contribution is 2.09. The Morgan fingerprint density at radius 2 is 2.00 bits per heavy atom. The van der Waals surface area contributed by atoms with E-state index in [0.29, 0.717) is 12.3 Å². The molecule has 0 rings (SSSR count). The highest BCUT2D eigenvalue weighted by Gasteiger charge is 2.10. The van der Waals surface area contributed by atoms with Crippen LogP contribution in [-0.2, 0) is 4.79 Å². The summed E-state index contributed by atoms with van der Waals surface area (Å²) in [6.07, 6.45) is 4.05. The Morgan fingerprint density at radius 1 is 1.47 bits per heavy atom. The average molecular weight is 306 g/mol. The van der Waals surface area contributed by atoms with E-state index in [2.05, 4.69) is 0 Å². The third-order valence-corrected chi connectivity index (χ3v) is 2.94. The molecule has 0 bridgehead atoms. The molecule has 0 fully saturated rings. The molecule has 0 aliphatic rings. The average Bonchev–Trinajstić information content (AvgIpc) is 2.16. The molecule has 8 heteroatoms. The second-order valence-corrected chi connectivity index (χ2v) is 4.12. The van der Waals surface area contributed by atoms with Crippen molar-refractivity contribution in [1.82, 2.24) is 4.31 Å². The van der Waals surface area contributed by atoms with Crippen molar-refractivity contribution in [1.29, 1.82) is 5.41 Å². The molecule has 0 unspecified atom stereocenters. The summed E-state index contributed by atoms with van der Waals surface area (Å²) in [4.78, 5) is 10.4. The number of nitrogens with one attached hydrogen (secondary N) is 1. The molecule has 0 aromatic carbocycles. The summed E-state index contributed by atoms with van der Waals surface area (Å²) < 4.78 is 1.87. The first kappa shape index (κ1) is 22.0. The van der Waals surface area contributed by atoms with E-state index in [4.69, 9.17) is 16.2 Å². The van der Waals surface area contributed by atoms with Crippen LogP contribution in [0.3, 0.4) is 0 Å². The summed E-state index contributed by atoms with van der Waals surface area (Å²) in [6.45, 7) is 2.50. The lowest BCUT2D eigenvalue weighted by Crippen LogP contribution is -2.30. The number of hydrogen-bond donors (Lipinski definition) is 3. The molecule has 0 aliphatic heterocycles. The van der Waals surface area contributed by atoms with E-state index in [1.54, 1.807) is 6.92 Å². The van der Waals surface area contributed by atoms with Crippen molar-refractivity contribution in [3.63, 3.8) is 0 Å². The number of rotatable bonds is 7. The first-order chi connectivity index (χ1) is 6.99. The van der Waals surface area contributed by atoms with Crippen LogP contribution >= 0.6 is 36.8 Å². The number of nitrogens with two attached hydrogens (primary N) is 1. The summed E-state index contributed by atoms with van der Waals surface area (Å²) >= 11 is 1.50. The Kier molecular flexibility index (Phi) is 15.9. The van der Waals surface area contributed by atoms with Crippen LogP contribution < -0.4 is 5.73 Å². The molecule has 0 aromatic heterocycles. The zero-order valence-electron chi connectivity index (χ0n) is 10.0. The van der Waals surface area contributed by atoms with E-state index in [0.717, 1.165) is 19.4 Å². The molecule has 0 aliphatic carbocycles. The van der Waals surface area contributed by atoms with Gasteiger partial charge in [-0.15, -0.1) is 24.8 Å². The van der Waals surface area contributed by atoms with Gasteiger partial charge in [-0.2, -0.15) is 0 Å². The molecular weight excluding hydrogens is 285 g/mol. The quantitative estimate of drug-likeness (QED) is 0.290. The smallest absolute Gasteiger partial charge is 0.320 e. The normalized spacial score (nSPS) is 10.8. The fourth-order valence-corrected chi connectivity index (χ4v) is 1.72. The molecule has 0 heterocycles. The maximum Gasteiger partial charge on any atom is 0.320 e. The maximum atomic E-state index is 10.4. The number of aliphatic carboxylic acids is 1. The van der Waals surface area contributed by atoms with Crippen molar-refractivity contribution < 1.29 is 9.90 Å². The van der Waals surface area contributed by atoms with Gasteiger partial charge < -0.3 is 15.1 Å². The lowest BCUT2D eigenvalue weighted by molar-refractivity contribution is -0.138. The van der Waals surface area contributed by atoms with E-state index in [1.165, 1.54) is 11.9 Å². The number of carbonyl (C=O) groups is 1. The monoisotopic (exact) mass is 305 g/mol. The summed E-state index contributed by atoms with van der Waals surface area (Å²) in [6, 6.07) is -0.756. The Balaban J connectivity index is -0.000000980. The van der Waals surface area contributed by atoms with Gasteiger partial charge >= 0.3 is 5.97 Å². The van der Waals surface area contributed by atoms with Crippen molar-refractivity contribution in [3.05, 3.63) is 0 Å². The zero-order chi connectivity index (χ0) is 11.8. The number of unbranched alkanes of at least 4 members (excludes halogenated alkanes) is 1. The van der Waals surface area contributed by atoms with E-state index in [9.17, 15) is 4.79 Å². The van der Waals surface area contributed by atoms with Crippen LogP contribution in [0.5, 0.6) is 0 Å². The molecule has 1 atom stereocenters. The van der Waals surface area contributed by atoms with Crippen LogP contribution in [0.15, 0.2) is 0 Å². The number of carboxylic acids is 1. The molecule has 0 radical (unpaired) electrons. The van der Waals surface area contributed by atoms with Gasteiger partial charge in [-0.05, 0) is 26.2 Å². The molecule has 4 N–H and O–H groups in total. The van der Waals surface area contributed by atoms with Crippen molar-refractivity contribution in [2.45, 2.75) is 32.2 Å². The Labute approximate surface area is 119 Å². The highest BCUT2D eigenvalue weighted by molar-refractivity contribution is 7.96. The van der Waals surface area contributed by atoms with Gasteiger partial charge in [0.05, 0.1) is 0 Å². The van der Waals surface area contributed by atoms with Gasteiger partial charge in [-0.25, -0.2) is 0 Å². The van der Waals surface area contributed by atoms with Crippen molar-refractivity contribution in [2.24, 2.45) is 5.73 Å². The van der Waals surface area contributed by atoms with Gasteiger partial charge in [0.25, 0.3) is 0 Å².